The molecule has 19 heavy (non-hydrogen) atoms. The van der Waals surface area contributed by atoms with Gasteiger partial charge in [-0.25, -0.2) is 0 Å². The number of ether oxygens (including phenoxy) is 3. The number of esters is 2. The molecule has 0 atom stereocenters. The summed E-state index contributed by atoms with van der Waals surface area (Å²) in [5.41, 5.74) is 0. The highest BCUT2D eigenvalue weighted by Crippen LogP contribution is 2.09. The van der Waals surface area contributed by atoms with Gasteiger partial charge in [-0.1, -0.05) is 0 Å². The molecule has 0 radical (unpaired) electrons. The maximum Gasteiger partial charge on any atom is 0.320 e. The molecule has 0 spiro atoms. The summed E-state index contributed by atoms with van der Waals surface area (Å²) in [4.78, 5) is 33.3. The van der Waals surface area contributed by atoms with Gasteiger partial charge in [0.05, 0.1) is 18.6 Å². The fourth-order valence-corrected chi connectivity index (χ4v) is 1.28. The zero-order chi connectivity index (χ0) is 15.0. The minimum absolute atomic E-state index is 0.121. The van der Waals surface area contributed by atoms with Crippen molar-refractivity contribution < 1.29 is 28.6 Å². The smallest absolute Gasteiger partial charge is 0.320 e. The highest BCUT2D eigenvalue weighted by molar-refractivity contribution is 5.98. The number of carbonyl (C=O) groups excluding carboxylic acids is 3. The Bertz CT molecular complexity index is 311. The minimum atomic E-state index is -0.856. The molecule has 0 bridgehead atoms. The van der Waals surface area contributed by atoms with Gasteiger partial charge in [-0.05, 0) is 34.6 Å². The first-order chi connectivity index (χ1) is 8.70. The highest BCUT2D eigenvalue weighted by atomic mass is 16.7. The van der Waals surface area contributed by atoms with Crippen molar-refractivity contribution in [3.63, 3.8) is 0 Å². The largest absolute Gasteiger partial charge is 0.393 e. The summed E-state index contributed by atoms with van der Waals surface area (Å²) < 4.78 is 15.3. The molecule has 6 heteroatoms. The Morgan fingerprint density at radius 1 is 0.895 bits per heavy atom. The Hall–Kier alpha value is -1.27. The van der Waals surface area contributed by atoms with Crippen molar-refractivity contribution in [2.24, 2.45) is 0 Å². The predicted octanol–water partition coefficient (Wildman–Crippen LogP) is 1.60. The molecule has 0 saturated carbocycles. The minimum Gasteiger partial charge on any atom is -0.393 e. The van der Waals surface area contributed by atoms with E-state index >= 15 is 0 Å². The van der Waals surface area contributed by atoms with E-state index in [0.717, 1.165) is 0 Å². The van der Waals surface area contributed by atoms with Crippen molar-refractivity contribution in [2.75, 3.05) is 0 Å². The van der Waals surface area contributed by atoms with E-state index in [1.165, 1.54) is 6.92 Å². The molecule has 110 valence electrons. The van der Waals surface area contributed by atoms with Gasteiger partial charge in [-0.15, -0.1) is 0 Å². The second-order valence-electron chi connectivity index (χ2n) is 4.73. The van der Waals surface area contributed by atoms with Crippen molar-refractivity contribution in [2.45, 2.75) is 66.0 Å². The van der Waals surface area contributed by atoms with Gasteiger partial charge in [0, 0.05) is 0 Å². The van der Waals surface area contributed by atoms with Crippen LogP contribution in [0.15, 0.2) is 0 Å². The zero-order valence-electron chi connectivity index (χ0n) is 12.1. The number of rotatable bonds is 8. The Morgan fingerprint density at radius 2 is 1.37 bits per heavy atom. The normalized spacial score (nSPS) is 11.2. The molecule has 0 aliphatic carbocycles. The van der Waals surface area contributed by atoms with Crippen LogP contribution in [-0.2, 0) is 28.6 Å². The first-order valence-corrected chi connectivity index (χ1v) is 6.24. The lowest BCUT2D eigenvalue weighted by molar-refractivity contribution is -0.194. The average Bonchev–Trinajstić information content (AvgIpc) is 2.11. The fraction of sp³-hybridized carbons (Fsp3) is 0.769. The SMILES string of the molecule is CC(=O)CC(=O)OC(=O)CC(OC(C)C)OC(C)C. The summed E-state index contributed by atoms with van der Waals surface area (Å²) in [6.07, 6.45) is -1.61. The van der Waals surface area contributed by atoms with Crippen LogP contribution in [-0.4, -0.2) is 36.2 Å². The molecule has 0 saturated heterocycles. The van der Waals surface area contributed by atoms with E-state index in [1.54, 1.807) is 0 Å². The van der Waals surface area contributed by atoms with Crippen molar-refractivity contribution in [1.29, 1.82) is 0 Å². The van der Waals surface area contributed by atoms with Gasteiger partial charge < -0.3 is 14.2 Å². The van der Waals surface area contributed by atoms with Crippen molar-refractivity contribution in [1.82, 2.24) is 0 Å². The molecule has 0 aromatic heterocycles. The molecule has 0 aromatic carbocycles. The van der Waals surface area contributed by atoms with Crippen molar-refractivity contribution >= 4 is 17.7 Å². The van der Waals surface area contributed by atoms with Crippen molar-refractivity contribution in [3.05, 3.63) is 0 Å². The van der Waals surface area contributed by atoms with E-state index in [1.807, 2.05) is 27.7 Å². The van der Waals surface area contributed by atoms with Crippen molar-refractivity contribution in [3.8, 4) is 0 Å². The molecule has 0 unspecified atom stereocenters. The van der Waals surface area contributed by atoms with Gasteiger partial charge in [-0.2, -0.15) is 0 Å². The summed E-state index contributed by atoms with van der Waals surface area (Å²) in [6, 6.07) is 0. The number of hydrogen-bond donors (Lipinski definition) is 0. The maximum absolute atomic E-state index is 11.5. The first-order valence-electron chi connectivity index (χ1n) is 6.24. The summed E-state index contributed by atoms with van der Waals surface area (Å²) in [6.45, 7) is 8.48. The van der Waals surface area contributed by atoms with Crippen LogP contribution in [0.25, 0.3) is 0 Å². The van der Waals surface area contributed by atoms with Gasteiger partial charge in [0.1, 0.15) is 12.2 Å². The molecular weight excluding hydrogens is 252 g/mol. The Labute approximate surface area is 113 Å². The number of ketones is 1. The van der Waals surface area contributed by atoms with E-state index in [-0.39, 0.29) is 24.4 Å². The van der Waals surface area contributed by atoms with E-state index in [0.29, 0.717) is 0 Å². The highest BCUT2D eigenvalue weighted by Gasteiger charge is 2.21. The van der Waals surface area contributed by atoms with Gasteiger partial charge in [-0.3, -0.25) is 14.4 Å². The quantitative estimate of drug-likeness (QED) is 0.380. The first kappa shape index (κ1) is 17.7. The Kier molecular flexibility index (Phi) is 8.18. The fourth-order valence-electron chi connectivity index (χ4n) is 1.28. The third-order valence-corrected chi connectivity index (χ3v) is 1.80. The number of hydrogen-bond acceptors (Lipinski definition) is 6. The summed E-state index contributed by atoms with van der Waals surface area (Å²) in [7, 11) is 0. The molecule has 0 aromatic rings. The molecule has 0 amide bonds. The van der Waals surface area contributed by atoms with Crippen LogP contribution in [0, 0.1) is 0 Å². The monoisotopic (exact) mass is 274 g/mol. The second kappa shape index (κ2) is 8.77. The lowest BCUT2D eigenvalue weighted by atomic mass is 10.3. The number of Topliss-reactive ketones (excluding diaryl/α,β-unsaturated/α-hetero) is 1. The van der Waals surface area contributed by atoms with Crippen LogP contribution < -0.4 is 0 Å². The average molecular weight is 274 g/mol. The summed E-state index contributed by atoms with van der Waals surface area (Å²) in [5, 5.41) is 0. The standard InChI is InChI=1S/C13H22O6/c1-8(2)17-13(18-9(3)4)7-12(16)19-11(15)6-10(5)14/h8-9,13H,6-7H2,1-5H3. The lowest BCUT2D eigenvalue weighted by Crippen LogP contribution is -2.29. The number of carbonyl (C=O) groups is 3. The van der Waals surface area contributed by atoms with Gasteiger partial charge >= 0.3 is 11.9 Å². The molecule has 0 aliphatic heterocycles. The summed E-state index contributed by atoms with van der Waals surface area (Å²) >= 11 is 0. The second-order valence-corrected chi connectivity index (χ2v) is 4.73. The molecule has 0 rings (SSSR count). The zero-order valence-corrected chi connectivity index (χ0v) is 12.1. The Morgan fingerprint density at radius 3 is 1.74 bits per heavy atom. The molecular formula is C13H22O6. The molecule has 0 heterocycles. The van der Waals surface area contributed by atoms with Crippen LogP contribution >= 0.6 is 0 Å². The maximum atomic E-state index is 11.5. The Balaban J connectivity index is 4.29. The van der Waals surface area contributed by atoms with E-state index in [4.69, 9.17) is 9.47 Å². The molecule has 0 aliphatic rings. The predicted molar refractivity (Wildman–Crippen MR) is 67.2 cm³/mol. The lowest BCUT2D eigenvalue weighted by Gasteiger charge is -2.22. The van der Waals surface area contributed by atoms with Gasteiger partial charge in [0.15, 0.2) is 6.29 Å². The molecule has 6 nitrogen and oxygen atoms in total. The van der Waals surface area contributed by atoms with Crippen LogP contribution in [0.5, 0.6) is 0 Å². The van der Waals surface area contributed by atoms with E-state index < -0.39 is 24.6 Å². The van der Waals surface area contributed by atoms with E-state index in [9.17, 15) is 14.4 Å². The summed E-state index contributed by atoms with van der Waals surface area (Å²) in [5.74, 6) is -1.98. The van der Waals surface area contributed by atoms with Crippen LogP contribution in [0.4, 0.5) is 0 Å². The molecule has 0 N–H and O–H groups in total. The topological polar surface area (TPSA) is 78.9 Å². The van der Waals surface area contributed by atoms with Crippen LogP contribution in [0.2, 0.25) is 0 Å². The van der Waals surface area contributed by atoms with Gasteiger partial charge in [0.25, 0.3) is 0 Å². The van der Waals surface area contributed by atoms with Gasteiger partial charge in [0.2, 0.25) is 0 Å². The van der Waals surface area contributed by atoms with Crippen LogP contribution in [0.3, 0.4) is 0 Å². The van der Waals surface area contributed by atoms with E-state index in [2.05, 4.69) is 4.74 Å². The third-order valence-electron chi connectivity index (χ3n) is 1.80. The third kappa shape index (κ3) is 10.3. The molecule has 0 fully saturated rings. The van der Waals surface area contributed by atoms with Crippen LogP contribution in [0.1, 0.15) is 47.5 Å².